The van der Waals surface area contributed by atoms with Crippen LogP contribution < -0.4 is 0 Å². The first-order valence-electron chi connectivity index (χ1n) is 7.93. The van der Waals surface area contributed by atoms with Gasteiger partial charge < -0.3 is 9.80 Å². The van der Waals surface area contributed by atoms with Crippen molar-refractivity contribution in [1.82, 2.24) is 14.8 Å². The zero-order valence-corrected chi connectivity index (χ0v) is 14.1. The van der Waals surface area contributed by atoms with E-state index in [1.54, 1.807) is 11.1 Å². The molecule has 23 heavy (non-hydrogen) atoms. The van der Waals surface area contributed by atoms with Crippen molar-refractivity contribution in [3.63, 3.8) is 0 Å². The number of pyridine rings is 1. The Morgan fingerprint density at radius 3 is 2.35 bits per heavy atom. The SMILES string of the molecule is CN(Cc1ccccn1)C(=O)CC[C@H](c1ccccc1)N(C)C. The number of carbonyl (C=O) groups excluding carboxylic acids is 1. The molecule has 0 unspecified atom stereocenters. The number of nitrogens with zero attached hydrogens (tertiary/aromatic N) is 3. The maximum atomic E-state index is 12.4. The van der Waals surface area contributed by atoms with Gasteiger partial charge in [-0.1, -0.05) is 36.4 Å². The highest BCUT2D eigenvalue weighted by molar-refractivity contribution is 5.75. The summed E-state index contributed by atoms with van der Waals surface area (Å²) in [5.74, 6) is 0.151. The topological polar surface area (TPSA) is 36.4 Å². The fourth-order valence-corrected chi connectivity index (χ4v) is 2.67. The Morgan fingerprint density at radius 1 is 1.04 bits per heavy atom. The molecule has 2 rings (SSSR count). The third kappa shape index (κ3) is 5.18. The Balaban J connectivity index is 1.91. The number of aromatic nitrogens is 1. The molecule has 2 aromatic rings. The quantitative estimate of drug-likeness (QED) is 0.788. The Labute approximate surface area is 138 Å². The molecule has 4 nitrogen and oxygen atoms in total. The summed E-state index contributed by atoms with van der Waals surface area (Å²) in [7, 11) is 5.95. The molecule has 0 spiro atoms. The highest BCUT2D eigenvalue weighted by Gasteiger charge is 2.17. The van der Waals surface area contributed by atoms with Gasteiger partial charge in [0.1, 0.15) is 0 Å². The Hall–Kier alpha value is -2.20. The van der Waals surface area contributed by atoms with E-state index in [0.29, 0.717) is 13.0 Å². The number of amides is 1. The van der Waals surface area contributed by atoms with Gasteiger partial charge in [0.25, 0.3) is 0 Å². The summed E-state index contributed by atoms with van der Waals surface area (Å²) in [4.78, 5) is 20.6. The molecule has 4 heteroatoms. The molecule has 0 aliphatic heterocycles. The normalized spacial score (nSPS) is 12.2. The van der Waals surface area contributed by atoms with E-state index in [1.807, 2.05) is 43.4 Å². The van der Waals surface area contributed by atoms with Gasteiger partial charge in [0.05, 0.1) is 12.2 Å². The summed E-state index contributed by atoms with van der Waals surface area (Å²) in [6.45, 7) is 0.553. The number of hydrogen-bond donors (Lipinski definition) is 0. The second-order valence-electron chi connectivity index (χ2n) is 6.00. The molecule has 0 fully saturated rings. The number of rotatable bonds is 7. The van der Waals surface area contributed by atoms with Crippen molar-refractivity contribution in [2.45, 2.75) is 25.4 Å². The van der Waals surface area contributed by atoms with Gasteiger partial charge in [-0.15, -0.1) is 0 Å². The van der Waals surface area contributed by atoms with Crippen molar-refractivity contribution in [2.75, 3.05) is 21.1 Å². The van der Waals surface area contributed by atoms with Crippen LogP contribution in [0.1, 0.15) is 30.1 Å². The summed E-state index contributed by atoms with van der Waals surface area (Å²) in [5, 5.41) is 0. The van der Waals surface area contributed by atoms with Crippen LogP contribution in [0.3, 0.4) is 0 Å². The molecular formula is C19H25N3O. The minimum Gasteiger partial charge on any atom is -0.340 e. The molecule has 0 saturated carbocycles. The fourth-order valence-electron chi connectivity index (χ4n) is 2.67. The Morgan fingerprint density at radius 2 is 1.74 bits per heavy atom. The molecule has 0 aliphatic carbocycles. The van der Waals surface area contributed by atoms with Crippen LogP contribution in [0.2, 0.25) is 0 Å². The second kappa shape index (κ2) is 8.44. The molecule has 0 aliphatic rings. The Bertz CT molecular complexity index is 599. The number of benzene rings is 1. The van der Waals surface area contributed by atoms with Crippen LogP contribution in [0.25, 0.3) is 0 Å². The maximum Gasteiger partial charge on any atom is 0.222 e. The first-order valence-corrected chi connectivity index (χ1v) is 7.93. The Kier molecular flexibility index (Phi) is 6.29. The molecule has 1 aromatic carbocycles. The van der Waals surface area contributed by atoms with Crippen LogP contribution in [-0.4, -0.2) is 41.8 Å². The lowest BCUT2D eigenvalue weighted by atomic mass is 10.0. The van der Waals surface area contributed by atoms with E-state index in [-0.39, 0.29) is 11.9 Å². The average molecular weight is 311 g/mol. The van der Waals surface area contributed by atoms with Gasteiger partial charge in [-0.05, 0) is 38.2 Å². The summed E-state index contributed by atoms with van der Waals surface area (Å²) >= 11 is 0. The van der Waals surface area contributed by atoms with E-state index in [9.17, 15) is 4.79 Å². The minimum absolute atomic E-state index is 0.151. The van der Waals surface area contributed by atoms with E-state index in [0.717, 1.165) is 12.1 Å². The van der Waals surface area contributed by atoms with Gasteiger partial charge in [0.15, 0.2) is 0 Å². The monoisotopic (exact) mass is 311 g/mol. The molecule has 1 amide bonds. The van der Waals surface area contributed by atoms with Gasteiger partial charge in [-0.25, -0.2) is 0 Å². The van der Waals surface area contributed by atoms with E-state index in [2.05, 4.69) is 36.1 Å². The fraction of sp³-hybridized carbons (Fsp3) is 0.368. The molecule has 0 radical (unpaired) electrons. The predicted octanol–water partition coefficient (Wildman–Crippen LogP) is 3.12. The van der Waals surface area contributed by atoms with Crippen molar-refractivity contribution in [2.24, 2.45) is 0 Å². The lowest BCUT2D eigenvalue weighted by molar-refractivity contribution is -0.130. The zero-order chi connectivity index (χ0) is 16.7. The van der Waals surface area contributed by atoms with Crippen LogP contribution in [0.15, 0.2) is 54.7 Å². The van der Waals surface area contributed by atoms with Crippen molar-refractivity contribution in [3.05, 3.63) is 66.0 Å². The molecule has 1 heterocycles. The predicted molar refractivity (Wildman–Crippen MR) is 92.8 cm³/mol. The van der Waals surface area contributed by atoms with Crippen molar-refractivity contribution < 1.29 is 4.79 Å². The molecular weight excluding hydrogens is 286 g/mol. The first kappa shape index (κ1) is 17.2. The first-order chi connectivity index (χ1) is 11.1. The standard InChI is InChI=1S/C19H25N3O/c1-21(2)18(16-9-5-4-6-10-16)12-13-19(23)22(3)15-17-11-7-8-14-20-17/h4-11,14,18H,12-13,15H2,1-3H3/t18-/m1/s1. The summed E-state index contributed by atoms with van der Waals surface area (Å²) < 4.78 is 0. The van der Waals surface area contributed by atoms with Gasteiger partial charge in [-0.3, -0.25) is 9.78 Å². The van der Waals surface area contributed by atoms with Crippen LogP contribution in [0, 0.1) is 0 Å². The highest BCUT2D eigenvalue weighted by atomic mass is 16.2. The number of hydrogen-bond acceptors (Lipinski definition) is 3. The van der Waals surface area contributed by atoms with E-state index in [1.165, 1.54) is 5.56 Å². The van der Waals surface area contributed by atoms with Gasteiger partial charge in [0.2, 0.25) is 5.91 Å². The molecule has 0 saturated heterocycles. The van der Waals surface area contributed by atoms with E-state index >= 15 is 0 Å². The van der Waals surface area contributed by atoms with Crippen LogP contribution in [0.4, 0.5) is 0 Å². The van der Waals surface area contributed by atoms with Crippen molar-refractivity contribution in [3.8, 4) is 0 Å². The van der Waals surface area contributed by atoms with E-state index in [4.69, 9.17) is 0 Å². The van der Waals surface area contributed by atoms with Gasteiger partial charge in [-0.2, -0.15) is 0 Å². The molecule has 1 atom stereocenters. The zero-order valence-electron chi connectivity index (χ0n) is 14.1. The molecule has 0 N–H and O–H groups in total. The lowest BCUT2D eigenvalue weighted by Gasteiger charge is -2.25. The van der Waals surface area contributed by atoms with Crippen LogP contribution in [0.5, 0.6) is 0 Å². The third-order valence-electron chi connectivity index (χ3n) is 3.99. The van der Waals surface area contributed by atoms with Crippen molar-refractivity contribution in [1.29, 1.82) is 0 Å². The average Bonchev–Trinajstić information content (AvgIpc) is 2.56. The second-order valence-corrected chi connectivity index (χ2v) is 6.00. The molecule has 0 bridgehead atoms. The smallest absolute Gasteiger partial charge is 0.222 e. The van der Waals surface area contributed by atoms with Gasteiger partial charge in [0, 0.05) is 25.7 Å². The maximum absolute atomic E-state index is 12.4. The van der Waals surface area contributed by atoms with Crippen LogP contribution >= 0.6 is 0 Å². The van der Waals surface area contributed by atoms with Crippen molar-refractivity contribution >= 4 is 5.91 Å². The summed E-state index contributed by atoms with van der Waals surface area (Å²) in [5.41, 5.74) is 2.16. The minimum atomic E-state index is 0.151. The largest absolute Gasteiger partial charge is 0.340 e. The van der Waals surface area contributed by atoms with Gasteiger partial charge >= 0.3 is 0 Å². The lowest BCUT2D eigenvalue weighted by Crippen LogP contribution is -2.28. The van der Waals surface area contributed by atoms with Crippen LogP contribution in [-0.2, 0) is 11.3 Å². The molecule has 1 aromatic heterocycles. The molecule has 122 valence electrons. The number of carbonyl (C=O) groups is 1. The summed E-state index contributed by atoms with van der Waals surface area (Å²) in [6.07, 6.45) is 3.09. The van der Waals surface area contributed by atoms with E-state index < -0.39 is 0 Å². The third-order valence-corrected chi connectivity index (χ3v) is 3.99. The summed E-state index contributed by atoms with van der Waals surface area (Å²) in [6, 6.07) is 16.4. The highest BCUT2D eigenvalue weighted by Crippen LogP contribution is 2.23.